The molecule has 0 spiro atoms. The molecule has 0 aromatic heterocycles. The van der Waals surface area contributed by atoms with Crippen LogP contribution in [0.3, 0.4) is 0 Å². The first-order valence-electron chi connectivity index (χ1n) is 11.9. The van der Waals surface area contributed by atoms with Gasteiger partial charge < -0.3 is 15.3 Å². The van der Waals surface area contributed by atoms with E-state index in [2.05, 4.69) is 28.2 Å². The zero-order valence-corrected chi connectivity index (χ0v) is 19.1. The highest BCUT2D eigenvalue weighted by atomic mass is 16.3. The number of nitrogens with one attached hydrogen (secondary N) is 1. The summed E-state index contributed by atoms with van der Waals surface area (Å²) in [7, 11) is 2.10. The van der Waals surface area contributed by atoms with Crippen LogP contribution in [0, 0.1) is 0 Å². The molecule has 2 aromatic carbocycles. The van der Waals surface area contributed by atoms with Crippen molar-refractivity contribution < 1.29 is 14.7 Å². The molecule has 3 heterocycles. The van der Waals surface area contributed by atoms with Crippen molar-refractivity contribution in [3.63, 3.8) is 0 Å². The van der Waals surface area contributed by atoms with E-state index < -0.39 is 0 Å². The van der Waals surface area contributed by atoms with Gasteiger partial charge >= 0.3 is 0 Å². The highest BCUT2D eigenvalue weighted by Crippen LogP contribution is 2.31. The fraction of sp³-hybridized carbons (Fsp3) is 0.462. The summed E-state index contributed by atoms with van der Waals surface area (Å²) in [5.74, 6) is 0.492. The summed E-state index contributed by atoms with van der Waals surface area (Å²) in [4.78, 5) is 32.5. The molecule has 0 saturated carbocycles. The predicted molar refractivity (Wildman–Crippen MR) is 127 cm³/mol. The molecule has 33 heavy (non-hydrogen) atoms. The molecule has 3 aliphatic heterocycles. The molecule has 0 bridgehead atoms. The number of fused-ring (bicyclic) bond motifs is 2. The molecule has 0 aliphatic carbocycles. The second-order valence-corrected chi connectivity index (χ2v) is 9.46. The number of phenols is 1. The summed E-state index contributed by atoms with van der Waals surface area (Å²) in [5, 5.41) is 12.7. The minimum atomic E-state index is -0.199. The number of benzene rings is 2. The van der Waals surface area contributed by atoms with Crippen molar-refractivity contribution in [1.29, 1.82) is 0 Å². The van der Waals surface area contributed by atoms with Crippen molar-refractivity contribution in [3.8, 4) is 5.75 Å². The van der Waals surface area contributed by atoms with Crippen LogP contribution in [0.5, 0.6) is 5.75 Å². The highest BCUT2D eigenvalue weighted by Gasteiger charge is 2.45. The smallest absolute Gasteiger partial charge is 0.239 e. The van der Waals surface area contributed by atoms with Gasteiger partial charge in [0.2, 0.25) is 11.8 Å². The SMILES string of the molecule is CN1[C@@H](CCC(=O)N2CCc3ccccc32)CNC(=O)[C@@H]2[C@H]1CCN2Cc1ccc(O)cc1. The van der Waals surface area contributed by atoms with E-state index in [-0.39, 0.29) is 35.7 Å². The maximum Gasteiger partial charge on any atom is 0.239 e. The first-order chi connectivity index (χ1) is 16.0. The monoisotopic (exact) mass is 448 g/mol. The lowest BCUT2D eigenvalue weighted by atomic mass is 10.0. The second-order valence-electron chi connectivity index (χ2n) is 9.46. The number of anilines is 1. The molecule has 3 atom stereocenters. The third-order valence-corrected chi connectivity index (χ3v) is 7.55. The Balaban J connectivity index is 1.22. The summed E-state index contributed by atoms with van der Waals surface area (Å²) < 4.78 is 0. The Hall–Kier alpha value is -2.90. The van der Waals surface area contributed by atoms with Gasteiger partial charge in [0.05, 0.1) is 0 Å². The molecule has 2 saturated heterocycles. The lowest BCUT2D eigenvalue weighted by molar-refractivity contribution is -0.126. The van der Waals surface area contributed by atoms with Crippen LogP contribution in [-0.4, -0.2) is 71.5 Å². The maximum absolute atomic E-state index is 13.0. The average Bonchev–Trinajstić information content (AvgIpc) is 3.41. The molecule has 7 nitrogen and oxygen atoms in total. The topological polar surface area (TPSA) is 76.1 Å². The summed E-state index contributed by atoms with van der Waals surface area (Å²) in [6, 6.07) is 15.4. The summed E-state index contributed by atoms with van der Waals surface area (Å²) in [6.07, 6.45) is 3.06. The Bertz CT molecular complexity index is 1020. The van der Waals surface area contributed by atoms with Crippen LogP contribution >= 0.6 is 0 Å². The number of aromatic hydroxyl groups is 1. The minimum Gasteiger partial charge on any atom is -0.508 e. The molecule has 0 radical (unpaired) electrons. The van der Waals surface area contributed by atoms with Gasteiger partial charge in [-0.1, -0.05) is 30.3 Å². The largest absolute Gasteiger partial charge is 0.508 e. The van der Waals surface area contributed by atoms with Crippen molar-refractivity contribution in [2.75, 3.05) is 31.6 Å². The Morgan fingerprint density at radius 2 is 1.91 bits per heavy atom. The molecule has 2 N–H and O–H groups in total. The molecular weight excluding hydrogens is 416 g/mol. The van der Waals surface area contributed by atoms with E-state index in [4.69, 9.17) is 0 Å². The number of amides is 2. The van der Waals surface area contributed by atoms with E-state index in [0.717, 1.165) is 43.6 Å². The predicted octanol–water partition coefficient (Wildman–Crippen LogP) is 2.13. The lowest BCUT2D eigenvalue weighted by Gasteiger charge is -2.33. The van der Waals surface area contributed by atoms with Crippen LogP contribution in [0.15, 0.2) is 48.5 Å². The highest BCUT2D eigenvalue weighted by molar-refractivity contribution is 5.95. The number of carbonyl (C=O) groups excluding carboxylic acids is 2. The number of likely N-dealkylation sites (tertiary alicyclic amines) is 1. The number of likely N-dealkylation sites (N-methyl/N-ethyl adjacent to an activating group) is 1. The Kier molecular flexibility index (Phi) is 6.08. The quantitative estimate of drug-likeness (QED) is 0.733. The van der Waals surface area contributed by atoms with Gasteiger partial charge in [-0.25, -0.2) is 0 Å². The lowest BCUT2D eigenvalue weighted by Crippen LogP contribution is -2.49. The van der Waals surface area contributed by atoms with Crippen LogP contribution in [0.25, 0.3) is 0 Å². The van der Waals surface area contributed by atoms with Gasteiger partial charge in [-0.2, -0.15) is 0 Å². The van der Waals surface area contributed by atoms with E-state index >= 15 is 0 Å². The van der Waals surface area contributed by atoms with Gasteiger partial charge in [0, 0.05) is 50.4 Å². The molecule has 2 aromatic rings. The second kappa shape index (κ2) is 9.15. The Morgan fingerprint density at radius 1 is 1.12 bits per heavy atom. The average molecular weight is 449 g/mol. The molecule has 3 aliphatic rings. The fourth-order valence-electron chi connectivity index (χ4n) is 5.68. The third-order valence-electron chi connectivity index (χ3n) is 7.55. The minimum absolute atomic E-state index is 0.0745. The molecule has 2 fully saturated rings. The van der Waals surface area contributed by atoms with Crippen molar-refractivity contribution in [3.05, 3.63) is 59.7 Å². The summed E-state index contributed by atoms with van der Waals surface area (Å²) in [5.41, 5.74) is 3.37. The number of para-hydroxylation sites is 1. The Labute approximate surface area is 195 Å². The first-order valence-corrected chi connectivity index (χ1v) is 11.9. The number of nitrogens with zero attached hydrogens (tertiary/aromatic N) is 3. The molecule has 0 unspecified atom stereocenters. The third kappa shape index (κ3) is 4.35. The van der Waals surface area contributed by atoms with E-state index in [0.29, 0.717) is 19.5 Å². The Morgan fingerprint density at radius 3 is 2.73 bits per heavy atom. The van der Waals surface area contributed by atoms with Gasteiger partial charge in [0.25, 0.3) is 0 Å². The van der Waals surface area contributed by atoms with Crippen molar-refractivity contribution in [2.24, 2.45) is 0 Å². The van der Waals surface area contributed by atoms with Crippen LogP contribution in [-0.2, 0) is 22.6 Å². The van der Waals surface area contributed by atoms with E-state index in [1.165, 1.54) is 5.56 Å². The zero-order valence-electron chi connectivity index (χ0n) is 19.1. The van der Waals surface area contributed by atoms with E-state index in [1.807, 2.05) is 35.2 Å². The zero-order chi connectivity index (χ0) is 22.9. The van der Waals surface area contributed by atoms with E-state index in [9.17, 15) is 14.7 Å². The molecular formula is C26H32N4O3. The van der Waals surface area contributed by atoms with Crippen molar-refractivity contribution in [1.82, 2.24) is 15.1 Å². The summed E-state index contributed by atoms with van der Waals surface area (Å²) in [6.45, 7) is 2.86. The van der Waals surface area contributed by atoms with Crippen LogP contribution in [0.4, 0.5) is 5.69 Å². The van der Waals surface area contributed by atoms with Crippen LogP contribution in [0.1, 0.15) is 30.4 Å². The van der Waals surface area contributed by atoms with Crippen LogP contribution < -0.4 is 10.2 Å². The number of rotatable bonds is 5. The van der Waals surface area contributed by atoms with Gasteiger partial charge in [0.1, 0.15) is 11.8 Å². The van der Waals surface area contributed by atoms with Crippen molar-refractivity contribution >= 4 is 17.5 Å². The van der Waals surface area contributed by atoms with Gasteiger partial charge in [-0.3, -0.25) is 19.4 Å². The molecule has 5 rings (SSSR count). The molecule has 2 amide bonds. The van der Waals surface area contributed by atoms with Gasteiger partial charge in [-0.15, -0.1) is 0 Å². The first kappa shape index (κ1) is 21.9. The van der Waals surface area contributed by atoms with Crippen molar-refractivity contribution in [2.45, 2.75) is 50.4 Å². The normalized spacial score (nSPS) is 25.4. The van der Waals surface area contributed by atoms with Gasteiger partial charge in [0.15, 0.2) is 0 Å². The number of hydrogen-bond acceptors (Lipinski definition) is 5. The van der Waals surface area contributed by atoms with Gasteiger partial charge in [-0.05, 0) is 55.6 Å². The number of carbonyl (C=O) groups is 2. The maximum atomic E-state index is 13.0. The standard InChI is InChI=1S/C26H32N4O3/c1-28-20(8-11-24(32)30-15-12-19-4-2-3-5-22(19)30)16-27-26(33)25-23(28)13-14-29(25)17-18-6-9-21(31)10-7-18/h2-7,9-10,20,23,25,31H,8,11-17H2,1H3,(H,27,33)/t20-,23+,25-/m0/s1. The number of phenolic OH excluding ortho intramolecular Hbond substituents is 1. The van der Waals surface area contributed by atoms with Crippen LogP contribution in [0.2, 0.25) is 0 Å². The molecule has 7 heteroatoms. The van der Waals surface area contributed by atoms with E-state index in [1.54, 1.807) is 12.1 Å². The fourth-order valence-corrected chi connectivity index (χ4v) is 5.68. The molecule has 174 valence electrons. The number of hydrogen-bond donors (Lipinski definition) is 2. The summed E-state index contributed by atoms with van der Waals surface area (Å²) >= 11 is 0.